The monoisotopic (exact) mass is 735 g/mol. The van der Waals surface area contributed by atoms with Crippen LogP contribution < -0.4 is 21.3 Å². The van der Waals surface area contributed by atoms with Crippen LogP contribution >= 0.6 is 11.8 Å². The van der Waals surface area contributed by atoms with Crippen molar-refractivity contribution < 1.29 is 4.74 Å². The number of hydrogen-bond acceptors (Lipinski definition) is 8. The van der Waals surface area contributed by atoms with Gasteiger partial charge in [0.2, 0.25) is 0 Å². The molecule has 0 aromatic rings. The summed E-state index contributed by atoms with van der Waals surface area (Å²) in [7, 11) is 2.15. The van der Waals surface area contributed by atoms with Crippen molar-refractivity contribution in [3.05, 3.63) is 0 Å². The smallest absolute Gasteiger partial charge is 0.0591 e. The van der Waals surface area contributed by atoms with E-state index in [0.717, 1.165) is 63.1 Å². The highest BCUT2D eigenvalue weighted by atomic mass is 32.2. The van der Waals surface area contributed by atoms with Gasteiger partial charge in [-0.05, 0) is 103 Å². The standard InChI is InChI=1S/C8H17N.C5H12N2.C5H11N.C4H9NO.C4H9NS.4C4H10/c1-8(2,3)9-6-4-5-7-9;1-7-4-2-6-3-5-7;1-2-4-6-5-3-1;2*1-3-6-4-2-5-1;4*1-4(2)3/h4-7H2,1-3H3;6H,2-5H2,1H3;6H,1-5H2;2*5H,1-4H2;4*4H,1-3H3. The minimum absolute atomic E-state index is 0.413. The van der Waals surface area contributed by atoms with Gasteiger partial charge in [-0.3, -0.25) is 4.90 Å². The van der Waals surface area contributed by atoms with E-state index in [2.05, 4.69) is 142 Å². The Labute approximate surface area is 322 Å². The number of likely N-dealkylation sites (tertiary alicyclic amines) is 1. The topological polar surface area (TPSA) is 63.8 Å². The number of morpholine rings is 1. The molecule has 5 fully saturated rings. The molecule has 308 valence electrons. The van der Waals surface area contributed by atoms with Crippen molar-refractivity contribution in [2.75, 3.05) is 110 Å². The first kappa shape index (κ1) is 56.8. The second-order valence-electron chi connectivity index (χ2n) is 17.4. The number of rotatable bonds is 0. The van der Waals surface area contributed by atoms with Crippen molar-refractivity contribution in [2.24, 2.45) is 23.7 Å². The Morgan fingerprint density at radius 1 is 0.460 bits per heavy atom. The predicted octanol–water partition coefficient (Wildman–Crippen LogP) is 8.74. The second kappa shape index (κ2) is 43.5. The molecule has 0 amide bonds. The average molecular weight is 735 g/mol. The van der Waals surface area contributed by atoms with Gasteiger partial charge in [0.05, 0.1) is 13.2 Å². The number of ether oxygens (including phenoxy) is 1. The summed E-state index contributed by atoms with van der Waals surface area (Å²) in [5.41, 5.74) is 0.413. The van der Waals surface area contributed by atoms with Crippen LogP contribution in [0.15, 0.2) is 0 Å². The van der Waals surface area contributed by atoms with Crippen LogP contribution in [0.5, 0.6) is 0 Å². The fraction of sp³-hybridized carbons (Fsp3) is 1.00. The zero-order chi connectivity index (χ0) is 39.1. The first-order valence-corrected chi connectivity index (χ1v) is 22.0. The molecule has 0 unspecified atom stereocenters. The van der Waals surface area contributed by atoms with E-state index in [4.69, 9.17) is 4.74 Å². The summed E-state index contributed by atoms with van der Waals surface area (Å²) in [5.74, 6) is 5.94. The highest BCUT2D eigenvalue weighted by molar-refractivity contribution is 7.99. The Balaban J connectivity index is -0.000000242. The van der Waals surface area contributed by atoms with Gasteiger partial charge in [-0.2, -0.15) is 11.8 Å². The van der Waals surface area contributed by atoms with Crippen molar-refractivity contribution in [1.29, 1.82) is 0 Å². The maximum Gasteiger partial charge on any atom is 0.0591 e. The molecule has 5 aliphatic heterocycles. The lowest BCUT2D eigenvalue weighted by Gasteiger charge is -2.31. The summed E-state index contributed by atoms with van der Waals surface area (Å²) in [6.07, 6.45) is 7.02. The van der Waals surface area contributed by atoms with Crippen molar-refractivity contribution in [3.8, 4) is 0 Å². The quantitative estimate of drug-likeness (QED) is 0.197. The first-order valence-electron chi connectivity index (χ1n) is 20.8. The van der Waals surface area contributed by atoms with E-state index in [9.17, 15) is 0 Å². The summed E-state index contributed by atoms with van der Waals surface area (Å²) < 4.78 is 5.01. The van der Waals surface area contributed by atoms with E-state index >= 15 is 0 Å². The van der Waals surface area contributed by atoms with Crippen LogP contribution in [0.1, 0.15) is 136 Å². The Kier molecular flexibility index (Phi) is 49.4. The molecule has 0 aromatic heterocycles. The molecule has 0 radical (unpaired) electrons. The number of nitrogens with one attached hydrogen (secondary N) is 4. The zero-order valence-corrected chi connectivity index (χ0v) is 38.2. The summed E-state index contributed by atoms with van der Waals surface area (Å²) in [6, 6.07) is 0. The van der Waals surface area contributed by atoms with E-state index in [0.29, 0.717) is 5.54 Å². The molecule has 8 heteroatoms. The van der Waals surface area contributed by atoms with Gasteiger partial charge >= 0.3 is 0 Å². The molecule has 0 aliphatic carbocycles. The Hall–Kier alpha value is 0.0700. The van der Waals surface area contributed by atoms with E-state index in [-0.39, 0.29) is 0 Å². The number of piperidine rings is 1. The number of thioether (sulfide) groups is 1. The van der Waals surface area contributed by atoms with Crippen molar-refractivity contribution in [1.82, 2.24) is 31.1 Å². The van der Waals surface area contributed by atoms with Gasteiger partial charge in [-0.15, -0.1) is 0 Å². The van der Waals surface area contributed by atoms with E-state index in [1.165, 1.54) is 96.0 Å². The highest BCUT2D eigenvalue weighted by Gasteiger charge is 2.23. The van der Waals surface area contributed by atoms with Gasteiger partial charge in [-0.1, -0.05) is 89.5 Å². The summed E-state index contributed by atoms with van der Waals surface area (Å²) in [6.45, 7) is 49.0. The molecule has 0 saturated carbocycles. The van der Waals surface area contributed by atoms with Crippen LogP contribution in [-0.4, -0.2) is 126 Å². The molecular formula is C42H98N6OS. The zero-order valence-electron chi connectivity index (χ0n) is 37.4. The normalized spacial score (nSPS) is 19.2. The number of hydrogen-bond donors (Lipinski definition) is 4. The SMILES string of the molecule is C1CCNCC1.C1COCCN1.C1CSCCN1.CC(C)(C)N1CCCC1.CC(C)C.CC(C)C.CC(C)C.CC(C)C.CN1CCNCC1. The maximum atomic E-state index is 5.01. The molecule has 0 bridgehead atoms. The van der Waals surface area contributed by atoms with Crippen molar-refractivity contribution >= 4 is 11.8 Å². The van der Waals surface area contributed by atoms with Crippen LogP contribution in [0.3, 0.4) is 0 Å². The highest BCUT2D eigenvalue weighted by Crippen LogP contribution is 2.19. The van der Waals surface area contributed by atoms with Crippen LogP contribution in [0, 0.1) is 23.7 Å². The molecule has 5 aliphatic rings. The Bertz CT molecular complexity index is 479. The van der Waals surface area contributed by atoms with Gasteiger partial charge in [0.1, 0.15) is 0 Å². The largest absolute Gasteiger partial charge is 0.379 e. The molecule has 5 heterocycles. The lowest BCUT2D eigenvalue weighted by atomic mass is 10.1. The molecule has 5 saturated heterocycles. The minimum atomic E-state index is 0.413. The van der Waals surface area contributed by atoms with Gasteiger partial charge < -0.3 is 30.9 Å². The Morgan fingerprint density at radius 2 is 0.800 bits per heavy atom. The first-order chi connectivity index (χ1) is 23.4. The van der Waals surface area contributed by atoms with Gasteiger partial charge in [0.15, 0.2) is 0 Å². The predicted molar refractivity (Wildman–Crippen MR) is 234 cm³/mol. The van der Waals surface area contributed by atoms with Crippen LogP contribution in [0.2, 0.25) is 0 Å². The van der Waals surface area contributed by atoms with Crippen LogP contribution in [-0.2, 0) is 4.74 Å². The lowest BCUT2D eigenvalue weighted by Crippen LogP contribution is -2.40. The molecule has 5 rings (SSSR count). The molecule has 0 aromatic carbocycles. The minimum Gasteiger partial charge on any atom is -0.379 e. The molecule has 7 nitrogen and oxygen atoms in total. The van der Waals surface area contributed by atoms with Gasteiger partial charge in [-0.25, -0.2) is 0 Å². The Morgan fingerprint density at radius 3 is 0.940 bits per heavy atom. The fourth-order valence-electron chi connectivity index (χ4n) is 4.00. The van der Waals surface area contributed by atoms with Crippen LogP contribution in [0.4, 0.5) is 0 Å². The maximum absolute atomic E-state index is 5.01. The summed E-state index contributed by atoms with van der Waals surface area (Å²) >= 11 is 2.03. The van der Waals surface area contributed by atoms with E-state index < -0.39 is 0 Å². The fourth-order valence-corrected chi connectivity index (χ4v) is 4.78. The molecular weight excluding hydrogens is 637 g/mol. The lowest BCUT2D eigenvalue weighted by molar-refractivity contribution is 0.109. The third-order valence-electron chi connectivity index (χ3n) is 6.30. The molecule has 0 spiro atoms. The van der Waals surface area contributed by atoms with Crippen molar-refractivity contribution in [2.45, 2.75) is 141 Å². The summed E-state index contributed by atoms with van der Waals surface area (Å²) in [4.78, 5) is 4.88. The molecule has 0 atom stereocenters. The molecule has 4 N–H and O–H groups in total. The van der Waals surface area contributed by atoms with Crippen LogP contribution in [0.25, 0.3) is 0 Å². The number of nitrogens with zero attached hydrogens (tertiary/aromatic N) is 2. The third kappa shape index (κ3) is 69.8. The van der Waals surface area contributed by atoms with E-state index in [1.54, 1.807) is 0 Å². The van der Waals surface area contributed by atoms with Crippen molar-refractivity contribution in [3.63, 3.8) is 0 Å². The molecule has 50 heavy (non-hydrogen) atoms. The summed E-state index contributed by atoms with van der Waals surface area (Å²) in [5, 5.41) is 13.0. The number of piperazine rings is 1. The number of likely N-dealkylation sites (N-methyl/N-ethyl adjacent to an activating group) is 1. The third-order valence-corrected chi connectivity index (χ3v) is 7.28. The van der Waals surface area contributed by atoms with E-state index in [1.807, 2.05) is 11.8 Å². The second-order valence-corrected chi connectivity index (χ2v) is 18.6. The average Bonchev–Trinajstić information content (AvgIpc) is 3.61. The van der Waals surface area contributed by atoms with Gasteiger partial charge in [0, 0.05) is 69.4 Å². The van der Waals surface area contributed by atoms with Gasteiger partial charge in [0.25, 0.3) is 0 Å².